The third kappa shape index (κ3) is 3.37. The van der Waals surface area contributed by atoms with Gasteiger partial charge in [0.2, 0.25) is 0 Å². The van der Waals surface area contributed by atoms with Crippen LogP contribution in [0.1, 0.15) is 18.9 Å². The van der Waals surface area contributed by atoms with Gasteiger partial charge in [0.25, 0.3) is 0 Å². The summed E-state index contributed by atoms with van der Waals surface area (Å²) in [6.07, 6.45) is 3.14. The van der Waals surface area contributed by atoms with E-state index in [1.54, 1.807) is 0 Å². The standard InChI is InChI=1S/C17H22ClN3/c1-2-21-9-7-13(12-21)10-19-11-14-5-6-16(18)15-4-3-8-20-17(14)15/h3-6,8,13,19H,2,7,9-12H2,1H3. The molecule has 0 bridgehead atoms. The summed E-state index contributed by atoms with van der Waals surface area (Å²) in [4.78, 5) is 7.00. The lowest BCUT2D eigenvalue weighted by Crippen LogP contribution is -2.26. The molecule has 0 saturated carbocycles. The van der Waals surface area contributed by atoms with Crippen LogP contribution in [-0.4, -0.2) is 36.1 Å². The summed E-state index contributed by atoms with van der Waals surface area (Å²) >= 11 is 6.23. The van der Waals surface area contributed by atoms with E-state index in [0.717, 1.165) is 34.9 Å². The van der Waals surface area contributed by atoms with E-state index in [9.17, 15) is 0 Å². The van der Waals surface area contributed by atoms with Crippen molar-refractivity contribution < 1.29 is 0 Å². The van der Waals surface area contributed by atoms with Crippen molar-refractivity contribution in [2.75, 3.05) is 26.2 Å². The number of halogens is 1. The van der Waals surface area contributed by atoms with E-state index < -0.39 is 0 Å². The van der Waals surface area contributed by atoms with Gasteiger partial charge in [-0.1, -0.05) is 24.6 Å². The fraction of sp³-hybridized carbons (Fsp3) is 0.471. The Bertz CT molecular complexity index is 614. The molecule has 2 aromatic rings. The van der Waals surface area contributed by atoms with Gasteiger partial charge in [-0.15, -0.1) is 0 Å². The quantitative estimate of drug-likeness (QED) is 0.918. The summed E-state index contributed by atoms with van der Waals surface area (Å²) in [5, 5.41) is 5.40. The Kier molecular flexibility index (Phi) is 4.73. The average Bonchev–Trinajstić information content (AvgIpc) is 2.98. The second-order valence-corrected chi connectivity index (χ2v) is 6.19. The molecule has 0 spiro atoms. The second kappa shape index (κ2) is 6.73. The van der Waals surface area contributed by atoms with Crippen molar-refractivity contribution in [1.82, 2.24) is 15.2 Å². The summed E-state index contributed by atoms with van der Waals surface area (Å²) in [7, 11) is 0. The Morgan fingerprint density at radius 1 is 1.38 bits per heavy atom. The maximum absolute atomic E-state index is 6.23. The van der Waals surface area contributed by atoms with Crippen molar-refractivity contribution >= 4 is 22.5 Å². The molecule has 4 heteroatoms. The van der Waals surface area contributed by atoms with Crippen molar-refractivity contribution in [3.8, 4) is 0 Å². The molecule has 112 valence electrons. The molecular formula is C17H22ClN3. The monoisotopic (exact) mass is 303 g/mol. The Balaban J connectivity index is 1.62. The van der Waals surface area contributed by atoms with Gasteiger partial charge in [-0.2, -0.15) is 0 Å². The van der Waals surface area contributed by atoms with E-state index in [2.05, 4.69) is 28.2 Å². The third-order valence-corrected chi connectivity index (χ3v) is 4.70. The van der Waals surface area contributed by atoms with Crippen molar-refractivity contribution in [3.05, 3.63) is 41.0 Å². The first kappa shape index (κ1) is 14.8. The average molecular weight is 304 g/mol. The molecule has 1 aromatic carbocycles. The number of hydrogen-bond donors (Lipinski definition) is 1. The lowest BCUT2D eigenvalue weighted by atomic mass is 10.1. The van der Waals surface area contributed by atoms with Gasteiger partial charge in [-0.05, 0) is 55.7 Å². The highest BCUT2D eigenvalue weighted by Crippen LogP contribution is 2.24. The van der Waals surface area contributed by atoms with E-state index in [1.165, 1.54) is 31.6 Å². The molecule has 21 heavy (non-hydrogen) atoms. The number of hydrogen-bond acceptors (Lipinski definition) is 3. The lowest BCUT2D eigenvalue weighted by Gasteiger charge is -2.14. The van der Waals surface area contributed by atoms with Gasteiger partial charge in [0.15, 0.2) is 0 Å². The van der Waals surface area contributed by atoms with E-state index in [-0.39, 0.29) is 0 Å². The zero-order valence-corrected chi connectivity index (χ0v) is 13.2. The van der Waals surface area contributed by atoms with Gasteiger partial charge in [-0.3, -0.25) is 4.98 Å². The number of aromatic nitrogens is 1. The molecule has 3 nitrogen and oxygen atoms in total. The van der Waals surface area contributed by atoms with Crippen LogP contribution < -0.4 is 5.32 Å². The fourth-order valence-corrected chi connectivity index (χ4v) is 3.33. The van der Waals surface area contributed by atoms with E-state index >= 15 is 0 Å². The summed E-state index contributed by atoms with van der Waals surface area (Å²) in [6, 6.07) is 8.02. The molecule has 0 amide bonds. The van der Waals surface area contributed by atoms with Crippen molar-refractivity contribution in [1.29, 1.82) is 0 Å². The number of rotatable bonds is 5. The molecule has 1 unspecified atom stereocenters. The SMILES string of the molecule is CCN1CCC(CNCc2ccc(Cl)c3cccnc23)C1. The third-order valence-electron chi connectivity index (χ3n) is 4.37. The smallest absolute Gasteiger partial charge is 0.0761 e. The minimum absolute atomic E-state index is 0.774. The zero-order valence-electron chi connectivity index (χ0n) is 12.5. The maximum atomic E-state index is 6.23. The Labute approximate surface area is 131 Å². The Morgan fingerprint density at radius 3 is 3.10 bits per heavy atom. The molecule has 1 aliphatic heterocycles. The number of nitrogens with zero attached hydrogens (tertiary/aromatic N) is 2. The van der Waals surface area contributed by atoms with Gasteiger partial charge in [0.1, 0.15) is 0 Å². The molecule has 0 radical (unpaired) electrons. The molecular weight excluding hydrogens is 282 g/mol. The van der Waals surface area contributed by atoms with Crippen LogP contribution in [0.15, 0.2) is 30.5 Å². The molecule has 1 N–H and O–H groups in total. The van der Waals surface area contributed by atoms with E-state index in [0.29, 0.717) is 0 Å². The van der Waals surface area contributed by atoms with E-state index in [1.807, 2.05) is 24.4 Å². The van der Waals surface area contributed by atoms with Crippen molar-refractivity contribution in [2.24, 2.45) is 5.92 Å². The van der Waals surface area contributed by atoms with Crippen molar-refractivity contribution in [2.45, 2.75) is 19.9 Å². The van der Waals surface area contributed by atoms with Crippen LogP contribution >= 0.6 is 11.6 Å². The van der Waals surface area contributed by atoms with Crippen LogP contribution in [0.5, 0.6) is 0 Å². The number of nitrogens with one attached hydrogen (secondary N) is 1. The molecule has 1 saturated heterocycles. The molecule has 3 rings (SSSR count). The lowest BCUT2D eigenvalue weighted by molar-refractivity contribution is 0.339. The summed E-state index contributed by atoms with van der Waals surface area (Å²) < 4.78 is 0. The molecule has 0 aliphatic carbocycles. The number of likely N-dealkylation sites (tertiary alicyclic amines) is 1. The fourth-order valence-electron chi connectivity index (χ4n) is 3.12. The second-order valence-electron chi connectivity index (χ2n) is 5.78. The van der Waals surface area contributed by atoms with Crippen LogP contribution in [0.4, 0.5) is 0 Å². The zero-order chi connectivity index (χ0) is 14.7. The number of pyridine rings is 1. The molecule has 1 fully saturated rings. The predicted molar refractivity (Wildman–Crippen MR) is 88.7 cm³/mol. The van der Waals surface area contributed by atoms with Crippen molar-refractivity contribution in [3.63, 3.8) is 0 Å². The first-order valence-corrected chi connectivity index (χ1v) is 8.11. The van der Waals surface area contributed by atoms with Gasteiger partial charge in [0.05, 0.1) is 5.52 Å². The highest BCUT2D eigenvalue weighted by Gasteiger charge is 2.20. The topological polar surface area (TPSA) is 28.2 Å². The maximum Gasteiger partial charge on any atom is 0.0761 e. The highest BCUT2D eigenvalue weighted by atomic mass is 35.5. The molecule has 2 heterocycles. The minimum Gasteiger partial charge on any atom is -0.312 e. The molecule has 1 atom stereocenters. The Morgan fingerprint density at radius 2 is 2.29 bits per heavy atom. The van der Waals surface area contributed by atoms with Crippen LogP contribution in [0.2, 0.25) is 5.02 Å². The van der Waals surface area contributed by atoms with Crippen LogP contribution in [0, 0.1) is 5.92 Å². The number of benzene rings is 1. The molecule has 1 aromatic heterocycles. The van der Waals surface area contributed by atoms with Gasteiger partial charge < -0.3 is 10.2 Å². The van der Waals surface area contributed by atoms with Crippen LogP contribution in [0.25, 0.3) is 10.9 Å². The predicted octanol–water partition coefficient (Wildman–Crippen LogP) is 3.32. The van der Waals surface area contributed by atoms with Crippen LogP contribution in [0.3, 0.4) is 0 Å². The Hall–Kier alpha value is -1.16. The molecule has 1 aliphatic rings. The highest BCUT2D eigenvalue weighted by molar-refractivity contribution is 6.35. The normalized spacial score (nSPS) is 19.4. The summed E-state index contributed by atoms with van der Waals surface area (Å²) in [5.74, 6) is 0.775. The van der Waals surface area contributed by atoms with Gasteiger partial charge in [-0.25, -0.2) is 0 Å². The minimum atomic E-state index is 0.774. The van der Waals surface area contributed by atoms with Gasteiger partial charge in [0, 0.05) is 29.7 Å². The van der Waals surface area contributed by atoms with Crippen LogP contribution in [-0.2, 0) is 6.54 Å². The van der Waals surface area contributed by atoms with E-state index in [4.69, 9.17) is 11.6 Å². The number of fused-ring (bicyclic) bond motifs is 1. The largest absolute Gasteiger partial charge is 0.312 e. The first-order valence-electron chi connectivity index (χ1n) is 7.73. The summed E-state index contributed by atoms with van der Waals surface area (Å²) in [5.41, 5.74) is 2.24. The van der Waals surface area contributed by atoms with Gasteiger partial charge >= 0.3 is 0 Å². The summed E-state index contributed by atoms with van der Waals surface area (Å²) in [6.45, 7) is 7.81. The first-order chi connectivity index (χ1) is 10.3.